The lowest BCUT2D eigenvalue weighted by molar-refractivity contribution is -0.143. The van der Waals surface area contributed by atoms with Crippen molar-refractivity contribution in [2.75, 3.05) is 0 Å². The lowest BCUT2D eigenvalue weighted by Gasteiger charge is -2.18. The number of aliphatic imine (C=N–C) groups is 1. The highest BCUT2D eigenvalue weighted by molar-refractivity contribution is 6.04. The summed E-state index contributed by atoms with van der Waals surface area (Å²) in [6.45, 7) is 0. The number of nitrogens with zero attached hydrogens (tertiary/aromatic N) is 1. The van der Waals surface area contributed by atoms with Gasteiger partial charge in [-0.15, -0.1) is 0 Å². The van der Waals surface area contributed by atoms with Gasteiger partial charge in [-0.2, -0.15) is 13.2 Å². The Bertz CT molecular complexity index is 598. The number of carboxylic acid groups (broad SMARTS) is 1. The van der Waals surface area contributed by atoms with Crippen LogP contribution in [0.3, 0.4) is 0 Å². The van der Waals surface area contributed by atoms with E-state index in [2.05, 4.69) is 4.99 Å². The van der Waals surface area contributed by atoms with Gasteiger partial charge in [0.2, 0.25) is 0 Å². The van der Waals surface area contributed by atoms with Crippen LogP contribution in [0.4, 0.5) is 13.2 Å². The second kappa shape index (κ2) is 5.32. The number of carboxylic acids is 1. The van der Waals surface area contributed by atoms with Crippen molar-refractivity contribution in [2.45, 2.75) is 6.18 Å². The fraction of sp³-hybridized carbons (Fsp3) is 0.143. The smallest absolute Gasteiger partial charge is 0.400 e. The van der Waals surface area contributed by atoms with Gasteiger partial charge in [0.05, 0.1) is 11.3 Å². The van der Waals surface area contributed by atoms with Crippen molar-refractivity contribution >= 4 is 11.7 Å². The van der Waals surface area contributed by atoms with E-state index in [0.29, 0.717) is 0 Å². The monoisotopic (exact) mass is 281 g/mol. The Morgan fingerprint density at radius 3 is 2.35 bits per heavy atom. The molecule has 0 aliphatic carbocycles. The third-order valence-corrected chi connectivity index (χ3v) is 2.79. The molecule has 0 amide bonds. The second-order valence-electron chi connectivity index (χ2n) is 4.14. The van der Waals surface area contributed by atoms with Crippen LogP contribution in [0.2, 0.25) is 0 Å². The van der Waals surface area contributed by atoms with Crippen LogP contribution in [0.15, 0.2) is 53.7 Å². The van der Waals surface area contributed by atoms with E-state index in [9.17, 15) is 18.0 Å². The zero-order valence-corrected chi connectivity index (χ0v) is 10.1. The molecule has 0 saturated carbocycles. The number of halogens is 3. The Hall–Kier alpha value is -2.37. The van der Waals surface area contributed by atoms with Gasteiger partial charge in [-0.3, -0.25) is 4.99 Å². The number of rotatable bonds is 2. The molecule has 1 aromatic rings. The fourth-order valence-electron chi connectivity index (χ4n) is 1.82. The van der Waals surface area contributed by atoms with Gasteiger partial charge in [0.15, 0.2) is 0 Å². The van der Waals surface area contributed by atoms with E-state index in [1.165, 1.54) is 42.6 Å². The van der Waals surface area contributed by atoms with Crippen LogP contribution in [0.1, 0.15) is 15.9 Å². The van der Waals surface area contributed by atoms with Crippen LogP contribution in [-0.2, 0) is 0 Å². The summed E-state index contributed by atoms with van der Waals surface area (Å²) in [6.07, 6.45) is 0.556. The summed E-state index contributed by atoms with van der Waals surface area (Å²) >= 11 is 0. The molecule has 1 aliphatic rings. The van der Waals surface area contributed by atoms with E-state index in [-0.39, 0.29) is 16.8 Å². The Labute approximate surface area is 112 Å². The topological polar surface area (TPSA) is 49.7 Å². The van der Waals surface area contributed by atoms with Crippen LogP contribution in [0, 0.1) is 5.92 Å². The minimum Gasteiger partial charge on any atom is -0.478 e. The first-order valence-electron chi connectivity index (χ1n) is 5.71. The first kappa shape index (κ1) is 14.0. The molecule has 0 bridgehead atoms. The van der Waals surface area contributed by atoms with Crippen LogP contribution >= 0.6 is 0 Å². The van der Waals surface area contributed by atoms with E-state index in [0.717, 1.165) is 6.08 Å². The van der Waals surface area contributed by atoms with Gasteiger partial charge >= 0.3 is 12.1 Å². The van der Waals surface area contributed by atoms with Crippen LogP contribution < -0.4 is 0 Å². The highest BCUT2D eigenvalue weighted by Gasteiger charge is 2.41. The average Bonchev–Trinajstić information content (AvgIpc) is 2.64. The molecule has 0 aromatic heterocycles. The first-order chi connectivity index (χ1) is 9.39. The summed E-state index contributed by atoms with van der Waals surface area (Å²) in [5, 5.41) is 8.78. The zero-order valence-electron chi connectivity index (χ0n) is 10.1. The minimum absolute atomic E-state index is 0.0117. The second-order valence-corrected chi connectivity index (χ2v) is 4.14. The quantitative estimate of drug-likeness (QED) is 0.902. The molecule has 1 aliphatic heterocycles. The van der Waals surface area contributed by atoms with Crippen molar-refractivity contribution in [3.63, 3.8) is 0 Å². The van der Waals surface area contributed by atoms with Gasteiger partial charge in [0, 0.05) is 6.20 Å². The zero-order chi connectivity index (χ0) is 14.8. The summed E-state index contributed by atoms with van der Waals surface area (Å²) in [7, 11) is 0. The van der Waals surface area contributed by atoms with Crippen molar-refractivity contribution in [1.82, 2.24) is 0 Å². The number of allylic oxidation sites excluding steroid dienone is 3. The van der Waals surface area contributed by atoms with E-state index < -0.39 is 18.1 Å². The lowest BCUT2D eigenvalue weighted by Crippen LogP contribution is -2.29. The summed E-state index contributed by atoms with van der Waals surface area (Å²) < 4.78 is 39.0. The lowest BCUT2D eigenvalue weighted by atomic mass is 9.95. The standard InChI is InChI=1S/C14H10F3NO2/c15-14(16,17)11-3-1-2-8-18-12(11)9-4-6-10(7-5-9)13(19)20/h1-8,11H,(H,19,20). The molecular formula is C14H10F3NO2. The molecule has 6 heteroatoms. The molecule has 0 saturated heterocycles. The molecule has 1 atom stereocenters. The van der Waals surface area contributed by atoms with Gasteiger partial charge in [-0.1, -0.05) is 24.3 Å². The number of benzene rings is 1. The number of hydrogen-bond donors (Lipinski definition) is 1. The van der Waals surface area contributed by atoms with Gasteiger partial charge in [-0.25, -0.2) is 4.79 Å². The predicted octanol–water partition coefficient (Wildman–Crippen LogP) is 3.44. The van der Waals surface area contributed by atoms with Crippen molar-refractivity contribution in [1.29, 1.82) is 0 Å². The number of aromatic carboxylic acids is 1. The Kier molecular flexibility index (Phi) is 3.74. The van der Waals surface area contributed by atoms with E-state index in [1.807, 2.05) is 0 Å². The van der Waals surface area contributed by atoms with Gasteiger partial charge in [-0.05, 0) is 23.8 Å². The maximum Gasteiger partial charge on any atom is 0.400 e. The predicted molar refractivity (Wildman–Crippen MR) is 67.8 cm³/mol. The van der Waals surface area contributed by atoms with E-state index >= 15 is 0 Å². The molecule has 1 aromatic carbocycles. The summed E-state index contributed by atoms with van der Waals surface area (Å²) in [5.74, 6) is -2.94. The highest BCUT2D eigenvalue weighted by Crippen LogP contribution is 2.32. The molecule has 1 N–H and O–H groups in total. The third-order valence-electron chi connectivity index (χ3n) is 2.79. The summed E-state index contributed by atoms with van der Waals surface area (Å²) in [4.78, 5) is 14.6. The molecular weight excluding hydrogens is 271 g/mol. The Morgan fingerprint density at radius 2 is 1.80 bits per heavy atom. The van der Waals surface area contributed by atoms with Crippen molar-refractivity contribution < 1.29 is 23.1 Å². The molecule has 0 radical (unpaired) electrons. The average molecular weight is 281 g/mol. The Balaban J connectivity index is 2.42. The van der Waals surface area contributed by atoms with Gasteiger partial charge in [0.25, 0.3) is 0 Å². The van der Waals surface area contributed by atoms with Crippen LogP contribution in [0.25, 0.3) is 0 Å². The number of carbonyl (C=O) groups is 1. The molecule has 20 heavy (non-hydrogen) atoms. The molecule has 1 unspecified atom stereocenters. The highest BCUT2D eigenvalue weighted by atomic mass is 19.4. The van der Waals surface area contributed by atoms with Crippen LogP contribution in [-0.4, -0.2) is 23.0 Å². The summed E-state index contributed by atoms with van der Waals surface area (Å²) in [5.41, 5.74) is 0.102. The largest absolute Gasteiger partial charge is 0.478 e. The van der Waals surface area contributed by atoms with Crippen LogP contribution in [0.5, 0.6) is 0 Å². The maximum atomic E-state index is 13.0. The number of hydrogen-bond acceptors (Lipinski definition) is 2. The maximum absolute atomic E-state index is 13.0. The van der Waals surface area contributed by atoms with E-state index in [1.54, 1.807) is 0 Å². The first-order valence-corrected chi connectivity index (χ1v) is 5.71. The number of alkyl halides is 3. The summed E-state index contributed by atoms with van der Waals surface area (Å²) in [6, 6.07) is 5.17. The van der Waals surface area contributed by atoms with Crippen molar-refractivity contribution in [3.05, 3.63) is 59.8 Å². The molecule has 0 fully saturated rings. The normalized spacial score (nSPS) is 18.6. The molecule has 1 heterocycles. The third kappa shape index (κ3) is 2.96. The van der Waals surface area contributed by atoms with E-state index in [4.69, 9.17) is 5.11 Å². The van der Waals surface area contributed by atoms with Crippen molar-refractivity contribution in [2.24, 2.45) is 10.9 Å². The Morgan fingerprint density at radius 1 is 1.15 bits per heavy atom. The molecule has 3 nitrogen and oxygen atoms in total. The van der Waals surface area contributed by atoms with Gasteiger partial charge < -0.3 is 5.11 Å². The molecule has 104 valence electrons. The molecule has 2 rings (SSSR count). The minimum atomic E-state index is -4.45. The van der Waals surface area contributed by atoms with Gasteiger partial charge in [0.1, 0.15) is 5.92 Å². The fourth-order valence-corrected chi connectivity index (χ4v) is 1.82. The molecule has 0 spiro atoms. The van der Waals surface area contributed by atoms with Crippen molar-refractivity contribution in [3.8, 4) is 0 Å². The SMILES string of the molecule is O=C(O)c1ccc(C2=NC=CC=CC2C(F)(F)F)cc1.